The van der Waals surface area contributed by atoms with Gasteiger partial charge in [0.2, 0.25) is 5.89 Å². The number of rotatable bonds is 4. The van der Waals surface area contributed by atoms with Crippen molar-refractivity contribution in [2.75, 3.05) is 6.61 Å². The van der Waals surface area contributed by atoms with Crippen LogP contribution in [-0.2, 0) is 12.8 Å². The van der Waals surface area contributed by atoms with Crippen molar-refractivity contribution >= 4 is 15.9 Å². The second kappa shape index (κ2) is 5.23. The van der Waals surface area contributed by atoms with E-state index in [4.69, 9.17) is 9.63 Å². The van der Waals surface area contributed by atoms with Gasteiger partial charge in [-0.15, -0.1) is 0 Å². The van der Waals surface area contributed by atoms with Gasteiger partial charge in [-0.05, 0) is 11.6 Å². The first-order valence-corrected chi connectivity index (χ1v) is 5.74. The van der Waals surface area contributed by atoms with E-state index >= 15 is 0 Å². The summed E-state index contributed by atoms with van der Waals surface area (Å²) in [5.41, 5.74) is 1.10. The van der Waals surface area contributed by atoms with Crippen LogP contribution in [0.5, 0.6) is 0 Å². The van der Waals surface area contributed by atoms with E-state index in [-0.39, 0.29) is 6.61 Å². The van der Waals surface area contributed by atoms with Crippen LogP contribution < -0.4 is 0 Å². The zero-order valence-corrected chi connectivity index (χ0v) is 10.1. The maximum absolute atomic E-state index is 8.73. The summed E-state index contributed by atoms with van der Waals surface area (Å²) in [6.07, 6.45) is 1.03. The predicted octanol–water partition coefficient (Wildman–Crippen LogP) is 1.96. The molecule has 1 N–H and O–H groups in total. The molecule has 5 heteroatoms. The summed E-state index contributed by atoms with van der Waals surface area (Å²) in [7, 11) is 0. The highest BCUT2D eigenvalue weighted by molar-refractivity contribution is 9.10. The third kappa shape index (κ3) is 2.68. The van der Waals surface area contributed by atoms with Gasteiger partial charge in [0.15, 0.2) is 5.82 Å². The Morgan fingerprint density at radius 3 is 2.88 bits per heavy atom. The second-order valence-electron chi connectivity index (χ2n) is 3.35. The van der Waals surface area contributed by atoms with Crippen LogP contribution in [0, 0.1) is 0 Å². The van der Waals surface area contributed by atoms with E-state index in [1.807, 2.05) is 24.3 Å². The molecular weight excluding hydrogens is 272 g/mol. The molecule has 0 aliphatic rings. The van der Waals surface area contributed by atoms with E-state index in [0.29, 0.717) is 24.6 Å². The van der Waals surface area contributed by atoms with Gasteiger partial charge < -0.3 is 9.63 Å². The topological polar surface area (TPSA) is 59.2 Å². The number of benzene rings is 1. The van der Waals surface area contributed by atoms with Crippen molar-refractivity contribution in [3.05, 3.63) is 46.0 Å². The summed E-state index contributed by atoms with van der Waals surface area (Å²) < 4.78 is 6.11. The van der Waals surface area contributed by atoms with Gasteiger partial charge in [-0.2, -0.15) is 4.98 Å². The molecule has 2 aromatic rings. The molecule has 16 heavy (non-hydrogen) atoms. The fourth-order valence-electron chi connectivity index (χ4n) is 1.37. The van der Waals surface area contributed by atoms with Gasteiger partial charge in [0.1, 0.15) is 0 Å². The lowest BCUT2D eigenvalue weighted by molar-refractivity contribution is 0.293. The molecule has 0 amide bonds. The molecule has 0 radical (unpaired) electrons. The van der Waals surface area contributed by atoms with Crippen LogP contribution in [-0.4, -0.2) is 21.9 Å². The molecule has 0 atom stereocenters. The Labute approximate surface area is 101 Å². The molecule has 84 valence electrons. The predicted molar refractivity (Wildman–Crippen MR) is 62.0 cm³/mol. The Bertz CT molecular complexity index is 471. The first-order valence-electron chi connectivity index (χ1n) is 4.95. The minimum absolute atomic E-state index is 0.0357. The van der Waals surface area contributed by atoms with Crippen molar-refractivity contribution in [2.24, 2.45) is 0 Å². The van der Waals surface area contributed by atoms with Crippen LogP contribution in [0.3, 0.4) is 0 Å². The summed E-state index contributed by atoms with van der Waals surface area (Å²) in [4.78, 5) is 4.18. The lowest BCUT2D eigenvalue weighted by Crippen LogP contribution is -1.94. The quantitative estimate of drug-likeness (QED) is 0.931. The Morgan fingerprint density at radius 1 is 1.31 bits per heavy atom. The Morgan fingerprint density at radius 2 is 2.12 bits per heavy atom. The van der Waals surface area contributed by atoms with Gasteiger partial charge in [0.05, 0.1) is 13.0 Å². The Hall–Kier alpha value is -1.20. The highest BCUT2D eigenvalue weighted by Crippen LogP contribution is 2.18. The van der Waals surface area contributed by atoms with Gasteiger partial charge >= 0.3 is 0 Å². The van der Waals surface area contributed by atoms with Crippen molar-refractivity contribution in [2.45, 2.75) is 12.8 Å². The number of hydrogen-bond donors (Lipinski definition) is 1. The number of hydrogen-bond acceptors (Lipinski definition) is 4. The van der Waals surface area contributed by atoms with Gasteiger partial charge in [-0.25, -0.2) is 0 Å². The van der Waals surface area contributed by atoms with Gasteiger partial charge in [-0.3, -0.25) is 0 Å². The normalized spacial score (nSPS) is 10.6. The molecule has 0 spiro atoms. The van der Waals surface area contributed by atoms with E-state index in [9.17, 15) is 0 Å². The van der Waals surface area contributed by atoms with Crippen molar-refractivity contribution in [3.8, 4) is 0 Å². The fraction of sp³-hybridized carbons (Fsp3) is 0.273. The van der Waals surface area contributed by atoms with E-state index in [0.717, 1.165) is 10.0 Å². The van der Waals surface area contributed by atoms with Crippen LogP contribution in [0.15, 0.2) is 33.3 Å². The SMILES string of the molecule is OCCc1noc(Cc2ccccc2Br)n1. The molecule has 0 saturated heterocycles. The zero-order chi connectivity index (χ0) is 11.4. The number of aliphatic hydroxyl groups is 1. The first-order chi connectivity index (χ1) is 7.79. The number of nitrogens with zero attached hydrogens (tertiary/aromatic N) is 2. The maximum Gasteiger partial charge on any atom is 0.231 e. The average Bonchev–Trinajstić information content (AvgIpc) is 2.70. The summed E-state index contributed by atoms with van der Waals surface area (Å²) in [5.74, 6) is 1.11. The van der Waals surface area contributed by atoms with Gasteiger partial charge in [-0.1, -0.05) is 39.3 Å². The van der Waals surface area contributed by atoms with Gasteiger partial charge in [0, 0.05) is 10.9 Å². The van der Waals surface area contributed by atoms with Crippen molar-refractivity contribution in [3.63, 3.8) is 0 Å². The van der Waals surface area contributed by atoms with Crippen molar-refractivity contribution < 1.29 is 9.63 Å². The highest BCUT2D eigenvalue weighted by atomic mass is 79.9. The van der Waals surface area contributed by atoms with Crippen molar-refractivity contribution in [1.29, 1.82) is 0 Å². The molecule has 1 aromatic heterocycles. The molecule has 4 nitrogen and oxygen atoms in total. The third-order valence-electron chi connectivity index (χ3n) is 2.15. The average molecular weight is 283 g/mol. The highest BCUT2D eigenvalue weighted by Gasteiger charge is 2.08. The largest absolute Gasteiger partial charge is 0.396 e. The number of aliphatic hydroxyl groups excluding tert-OH is 1. The van der Waals surface area contributed by atoms with E-state index in [1.165, 1.54) is 0 Å². The fourth-order valence-corrected chi connectivity index (χ4v) is 1.79. The molecule has 2 rings (SSSR count). The van der Waals surface area contributed by atoms with Crippen LogP contribution in [0.25, 0.3) is 0 Å². The van der Waals surface area contributed by atoms with Crippen molar-refractivity contribution in [1.82, 2.24) is 10.1 Å². The summed E-state index contributed by atoms with van der Waals surface area (Å²) in [5, 5.41) is 12.5. The van der Waals surface area contributed by atoms with Crippen LogP contribution in [0.1, 0.15) is 17.3 Å². The molecule has 0 unspecified atom stereocenters. The summed E-state index contributed by atoms with van der Waals surface area (Å²) in [6, 6.07) is 7.89. The lowest BCUT2D eigenvalue weighted by atomic mass is 10.1. The summed E-state index contributed by atoms with van der Waals surface area (Å²) >= 11 is 3.46. The third-order valence-corrected chi connectivity index (χ3v) is 2.92. The lowest BCUT2D eigenvalue weighted by Gasteiger charge is -1.99. The second-order valence-corrected chi connectivity index (χ2v) is 4.20. The Kier molecular flexibility index (Phi) is 3.69. The summed E-state index contributed by atoms with van der Waals surface area (Å²) in [6.45, 7) is 0.0357. The smallest absolute Gasteiger partial charge is 0.231 e. The van der Waals surface area contributed by atoms with Crippen LogP contribution in [0.2, 0.25) is 0 Å². The minimum Gasteiger partial charge on any atom is -0.396 e. The first kappa shape index (κ1) is 11.3. The van der Waals surface area contributed by atoms with Gasteiger partial charge in [0.25, 0.3) is 0 Å². The molecule has 0 fully saturated rings. The van der Waals surface area contributed by atoms with Crippen LogP contribution in [0.4, 0.5) is 0 Å². The van der Waals surface area contributed by atoms with E-state index in [2.05, 4.69) is 26.1 Å². The van der Waals surface area contributed by atoms with E-state index in [1.54, 1.807) is 0 Å². The number of halogens is 1. The van der Waals surface area contributed by atoms with Crippen LogP contribution >= 0.6 is 15.9 Å². The molecule has 1 aromatic carbocycles. The molecule has 0 bridgehead atoms. The molecular formula is C11H11BrN2O2. The molecule has 1 heterocycles. The standard InChI is InChI=1S/C11H11BrN2O2/c12-9-4-2-1-3-8(9)7-11-13-10(5-6-15)14-16-11/h1-4,15H,5-7H2. The monoisotopic (exact) mass is 282 g/mol. The zero-order valence-electron chi connectivity index (χ0n) is 8.56. The number of aromatic nitrogens is 2. The van der Waals surface area contributed by atoms with E-state index < -0.39 is 0 Å². The molecule has 0 saturated carbocycles. The maximum atomic E-state index is 8.73. The Balaban J connectivity index is 2.11. The molecule has 0 aliphatic heterocycles. The minimum atomic E-state index is 0.0357. The molecule has 0 aliphatic carbocycles.